The Kier molecular flexibility index (Phi) is 4.54. The van der Waals surface area contributed by atoms with Crippen LogP contribution in [0, 0.1) is 0 Å². The second-order valence-electron chi connectivity index (χ2n) is 5.87. The van der Waals surface area contributed by atoms with Crippen molar-refractivity contribution in [2.45, 2.75) is 37.5 Å². The summed E-state index contributed by atoms with van der Waals surface area (Å²) in [5.74, 6) is -0.0613. The highest BCUT2D eigenvalue weighted by Gasteiger charge is 2.36. The molecular formula is C15H20F3N3O. The fourth-order valence-corrected chi connectivity index (χ4v) is 3.23. The Hall–Kier alpha value is -1.34. The molecule has 7 heteroatoms. The largest absolute Gasteiger partial charge is 0.419 e. The van der Waals surface area contributed by atoms with Crippen molar-refractivity contribution < 1.29 is 17.9 Å². The predicted molar refractivity (Wildman–Crippen MR) is 76.7 cm³/mol. The number of nitrogens with one attached hydrogen (secondary N) is 1. The van der Waals surface area contributed by atoms with E-state index in [1.165, 1.54) is 12.3 Å². The van der Waals surface area contributed by atoms with Crippen LogP contribution in [0.25, 0.3) is 0 Å². The summed E-state index contributed by atoms with van der Waals surface area (Å²) in [5, 5.41) is 2.98. The second kappa shape index (κ2) is 6.42. The molecule has 1 atom stereocenters. The summed E-state index contributed by atoms with van der Waals surface area (Å²) in [5.41, 5.74) is -0.695. The zero-order valence-electron chi connectivity index (χ0n) is 12.3. The van der Waals surface area contributed by atoms with Crippen molar-refractivity contribution in [1.82, 2.24) is 9.88 Å². The van der Waals surface area contributed by atoms with Gasteiger partial charge in [-0.2, -0.15) is 13.2 Å². The number of ether oxygens (including phenoxy) is 1. The minimum absolute atomic E-state index is 0.0128. The van der Waals surface area contributed by atoms with E-state index in [0.29, 0.717) is 6.04 Å². The number of halogens is 3. The minimum Gasteiger partial charge on any atom is -0.381 e. The van der Waals surface area contributed by atoms with Crippen molar-refractivity contribution in [2.24, 2.45) is 0 Å². The lowest BCUT2D eigenvalue weighted by Gasteiger charge is -2.31. The van der Waals surface area contributed by atoms with Gasteiger partial charge < -0.3 is 10.1 Å². The van der Waals surface area contributed by atoms with Gasteiger partial charge in [-0.15, -0.1) is 0 Å². The molecule has 1 N–H and O–H groups in total. The highest BCUT2D eigenvalue weighted by molar-refractivity contribution is 5.46. The lowest BCUT2D eigenvalue weighted by molar-refractivity contribution is -0.137. The molecule has 1 aromatic heterocycles. The van der Waals surface area contributed by atoms with Gasteiger partial charge in [0.05, 0.1) is 5.56 Å². The molecule has 0 saturated carbocycles. The van der Waals surface area contributed by atoms with E-state index in [9.17, 15) is 13.2 Å². The zero-order chi connectivity index (χ0) is 15.6. The lowest BCUT2D eigenvalue weighted by atomic mass is 10.1. The van der Waals surface area contributed by atoms with Crippen molar-refractivity contribution in [2.75, 3.05) is 31.6 Å². The quantitative estimate of drug-likeness (QED) is 0.931. The summed E-state index contributed by atoms with van der Waals surface area (Å²) in [6.07, 6.45) is -0.141. The van der Waals surface area contributed by atoms with Gasteiger partial charge in [0, 0.05) is 44.6 Å². The third-order valence-electron chi connectivity index (χ3n) is 4.38. The molecular weight excluding hydrogens is 295 g/mol. The summed E-state index contributed by atoms with van der Waals surface area (Å²) >= 11 is 0. The highest BCUT2D eigenvalue weighted by Crippen LogP contribution is 2.34. The van der Waals surface area contributed by atoms with Crippen LogP contribution in [-0.2, 0) is 10.9 Å². The molecule has 2 aliphatic rings. The molecule has 22 heavy (non-hydrogen) atoms. The Balaban J connectivity index is 1.63. The average Bonchev–Trinajstić information content (AvgIpc) is 2.96. The van der Waals surface area contributed by atoms with Gasteiger partial charge in [0.2, 0.25) is 0 Å². The number of nitrogens with zero attached hydrogens (tertiary/aromatic N) is 2. The first-order chi connectivity index (χ1) is 10.5. The normalized spacial score (nSPS) is 24.6. The van der Waals surface area contributed by atoms with E-state index >= 15 is 0 Å². The molecule has 122 valence electrons. The number of alkyl halides is 3. The SMILES string of the molecule is FC(F)(F)c1cccnc1NC1CCN(C2CCOCC2)C1. The summed E-state index contributed by atoms with van der Waals surface area (Å²) in [6, 6.07) is 2.89. The van der Waals surface area contributed by atoms with Gasteiger partial charge in [-0.3, -0.25) is 4.90 Å². The number of rotatable bonds is 3. The monoisotopic (exact) mass is 315 g/mol. The van der Waals surface area contributed by atoms with Crippen LogP contribution in [0.5, 0.6) is 0 Å². The Morgan fingerprint density at radius 2 is 2.00 bits per heavy atom. The van der Waals surface area contributed by atoms with Crippen molar-refractivity contribution in [1.29, 1.82) is 0 Å². The number of hydrogen-bond acceptors (Lipinski definition) is 4. The summed E-state index contributed by atoms with van der Waals surface area (Å²) in [4.78, 5) is 6.23. The second-order valence-corrected chi connectivity index (χ2v) is 5.87. The van der Waals surface area contributed by atoms with Gasteiger partial charge >= 0.3 is 6.18 Å². The molecule has 0 radical (unpaired) electrons. The van der Waals surface area contributed by atoms with Crippen LogP contribution in [-0.4, -0.2) is 48.3 Å². The molecule has 2 saturated heterocycles. The van der Waals surface area contributed by atoms with Crippen molar-refractivity contribution in [3.8, 4) is 0 Å². The van der Waals surface area contributed by atoms with Crippen LogP contribution in [0.3, 0.4) is 0 Å². The van der Waals surface area contributed by atoms with Crippen LogP contribution in [0.15, 0.2) is 18.3 Å². The van der Waals surface area contributed by atoms with Gasteiger partial charge in [0.15, 0.2) is 0 Å². The Labute approximate surface area is 127 Å². The third-order valence-corrected chi connectivity index (χ3v) is 4.38. The molecule has 2 fully saturated rings. The van der Waals surface area contributed by atoms with Gasteiger partial charge in [0.1, 0.15) is 5.82 Å². The Morgan fingerprint density at radius 1 is 1.23 bits per heavy atom. The number of likely N-dealkylation sites (tertiary alicyclic amines) is 1. The third kappa shape index (κ3) is 3.52. The van der Waals surface area contributed by atoms with Crippen molar-refractivity contribution >= 4 is 5.82 Å². The highest BCUT2D eigenvalue weighted by atomic mass is 19.4. The zero-order valence-corrected chi connectivity index (χ0v) is 12.3. The molecule has 2 aliphatic heterocycles. The maximum atomic E-state index is 13.0. The van der Waals surface area contributed by atoms with E-state index in [1.54, 1.807) is 0 Å². The van der Waals surface area contributed by atoms with E-state index in [4.69, 9.17) is 4.74 Å². The first-order valence-corrected chi connectivity index (χ1v) is 7.64. The van der Waals surface area contributed by atoms with E-state index in [2.05, 4.69) is 15.2 Å². The molecule has 3 rings (SSSR count). The van der Waals surface area contributed by atoms with E-state index in [0.717, 1.165) is 51.6 Å². The lowest BCUT2D eigenvalue weighted by Crippen LogP contribution is -2.39. The maximum Gasteiger partial charge on any atom is 0.419 e. The minimum atomic E-state index is -4.38. The number of pyridine rings is 1. The van der Waals surface area contributed by atoms with Crippen LogP contribution in [0.1, 0.15) is 24.8 Å². The van der Waals surface area contributed by atoms with E-state index in [-0.39, 0.29) is 11.9 Å². The smallest absolute Gasteiger partial charge is 0.381 e. The van der Waals surface area contributed by atoms with Gasteiger partial charge in [-0.05, 0) is 31.4 Å². The van der Waals surface area contributed by atoms with Crippen LogP contribution < -0.4 is 5.32 Å². The standard InChI is InChI=1S/C15H20F3N3O/c16-15(17,18)13-2-1-6-19-14(13)20-11-3-7-21(10-11)12-4-8-22-9-5-12/h1-2,6,11-12H,3-5,7-10H2,(H,19,20). The molecule has 3 heterocycles. The van der Waals surface area contributed by atoms with Crippen molar-refractivity contribution in [3.05, 3.63) is 23.9 Å². The van der Waals surface area contributed by atoms with E-state index in [1.807, 2.05) is 0 Å². The molecule has 1 aromatic rings. The van der Waals surface area contributed by atoms with Crippen molar-refractivity contribution in [3.63, 3.8) is 0 Å². The molecule has 0 spiro atoms. The fourth-order valence-electron chi connectivity index (χ4n) is 3.23. The summed E-state index contributed by atoms with van der Waals surface area (Å²) < 4.78 is 44.3. The number of hydrogen-bond donors (Lipinski definition) is 1. The Bertz CT molecular complexity index is 503. The molecule has 0 aliphatic carbocycles. The molecule has 0 aromatic carbocycles. The van der Waals surface area contributed by atoms with E-state index < -0.39 is 11.7 Å². The maximum absolute atomic E-state index is 13.0. The molecule has 1 unspecified atom stereocenters. The van der Waals surface area contributed by atoms with Gasteiger partial charge in [0.25, 0.3) is 0 Å². The molecule has 4 nitrogen and oxygen atoms in total. The predicted octanol–water partition coefficient (Wildman–Crippen LogP) is 2.77. The summed E-state index contributed by atoms with van der Waals surface area (Å²) in [7, 11) is 0. The first-order valence-electron chi connectivity index (χ1n) is 7.64. The first kappa shape index (κ1) is 15.6. The topological polar surface area (TPSA) is 37.4 Å². The van der Waals surface area contributed by atoms with Crippen LogP contribution in [0.2, 0.25) is 0 Å². The van der Waals surface area contributed by atoms with Gasteiger partial charge in [-0.25, -0.2) is 4.98 Å². The molecule has 0 bridgehead atoms. The van der Waals surface area contributed by atoms with Gasteiger partial charge in [-0.1, -0.05) is 0 Å². The molecule has 0 amide bonds. The average molecular weight is 315 g/mol. The number of anilines is 1. The van der Waals surface area contributed by atoms with Crippen LogP contribution in [0.4, 0.5) is 19.0 Å². The fraction of sp³-hybridized carbons (Fsp3) is 0.667. The summed E-state index contributed by atoms with van der Waals surface area (Å²) in [6.45, 7) is 3.23. The Morgan fingerprint density at radius 3 is 2.73 bits per heavy atom. The van der Waals surface area contributed by atoms with Crippen LogP contribution >= 0.6 is 0 Å². The number of aromatic nitrogens is 1.